The molecule has 5 nitrogen and oxygen atoms in total. The Balaban J connectivity index is 1.38. The number of aromatic nitrogens is 4. The molecule has 4 heterocycles. The number of thiazole rings is 2. The zero-order valence-electron chi connectivity index (χ0n) is 13.8. The van der Waals surface area contributed by atoms with Gasteiger partial charge in [0.2, 0.25) is 0 Å². The molecule has 126 valence electrons. The van der Waals surface area contributed by atoms with Gasteiger partial charge in [-0.05, 0) is 32.9 Å². The highest BCUT2D eigenvalue weighted by Gasteiger charge is 2.24. The number of hydrogen-bond donors (Lipinski definition) is 0. The largest absolute Gasteiger partial charge is 0.329 e. The van der Waals surface area contributed by atoms with Crippen LogP contribution in [0.2, 0.25) is 0 Å². The van der Waals surface area contributed by atoms with Crippen LogP contribution in [0.3, 0.4) is 0 Å². The van der Waals surface area contributed by atoms with Crippen molar-refractivity contribution in [3.8, 4) is 0 Å². The predicted octanol–water partition coefficient (Wildman–Crippen LogP) is 3.53. The fourth-order valence-corrected chi connectivity index (χ4v) is 4.70. The fourth-order valence-electron chi connectivity index (χ4n) is 3.33. The first kappa shape index (κ1) is 15.9. The van der Waals surface area contributed by atoms with Crippen LogP contribution in [0.4, 0.5) is 0 Å². The Morgan fingerprint density at radius 2 is 2.00 bits per heavy atom. The van der Waals surface area contributed by atoms with Crippen LogP contribution >= 0.6 is 22.7 Å². The summed E-state index contributed by atoms with van der Waals surface area (Å²) >= 11 is 3.42. The van der Waals surface area contributed by atoms with Gasteiger partial charge in [-0.1, -0.05) is 0 Å². The number of aryl methyl sites for hydroxylation is 1. The van der Waals surface area contributed by atoms with Crippen LogP contribution in [0.25, 0.3) is 0 Å². The van der Waals surface area contributed by atoms with Gasteiger partial charge in [0.05, 0.1) is 29.0 Å². The molecule has 0 amide bonds. The van der Waals surface area contributed by atoms with E-state index in [4.69, 9.17) is 0 Å². The molecule has 1 aliphatic heterocycles. The quantitative estimate of drug-likeness (QED) is 0.699. The second-order valence-corrected chi connectivity index (χ2v) is 7.96. The number of piperidine rings is 1. The number of rotatable bonds is 5. The molecule has 3 aromatic rings. The molecule has 0 bridgehead atoms. The Bertz CT molecular complexity index is 769. The number of nitrogens with zero attached hydrogens (tertiary/aromatic N) is 5. The third kappa shape index (κ3) is 3.43. The van der Waals surface area contributed by atoms with Crippen molar-refractivity contribution in [2.45, 2.75) is 38.8 Å². The molecule has 24 heavy (non-hydrogen) atoms. The van der Waals surface area contributed by atoms with Crippen molar-refractivity contribution in [3.63, 3.8) is 0 Å². The van der Waals surface area contributed by atoms with Crippen LogP contribution in [0.15, 0.2) is 28.8 Å². The topological polar surface area (TPSA) is 46.8 Å². The van der Waals surface area contributed by atoms with Crippen LogP contribution in [-0.2, 0) is 13.1 Å². The van der Waals surface area contributed by atoms with Crippen molar-refractivity contribution in [2.75, 3.05) is 13.1 Å². The molecule has 7 heteroatoms. The van der Waals surface area contributed by atoms with Gasteiger partial charge in [-0.15, -0.1) is 22.7 Å². The molecule has 0 saturated carbocycles. The maximum atomic E-state index is 4.65. The normalized spacial score (nSPS) is 16.7. The van der Waals surface area contributed by atoms with Gasteiger partial charge < -0.3 is 4.57 Å². The van der Waals surface area contributed by atoms with Gasteiger partial charge in [0.25, 0.3) is 0 Å². The fraction of sp³-hybridized carbons (Fsp3) is 0.471. The third-order valence-corrected chi connectivity index (χ3v) is 6.28. The molecule has 0 N–H and O–H groups in total. The molecule has 0 radical (unpaired) electrons. The van der Waals surface area contributed by atoms with E-state index in [1.54, 1.807) is 22.7 Å². The summed E-state index contributed by atoms with van der Waals surface area (Å²) in [6.45, 7) is 6.24. The summed E-state index contributed by atoms with van der Waals surface area (Å²) in [6.07, 6.45) is 6.36. The van der Waals surface area contributed by atoms with Crippen molar-refractivity contribution < 1.29 is 0 Å². The smallest absolute Gasteiger partial charge is 0.112 e. The monoisotopic (exact) mass is 359 g/mol. The van der Waals surface area contributed by atoms with E-state index in [9.17, 15) is 0 Å². The lowest BCUT2D eigenvalue weighted by atomic mass is 9.95. The highest BCUT2D eigenvalue weighted by molar-refractivity contribution is 7.09. The van der Waals surface area contributed by atoms with Gasteiger partial charge in [-0.25, -0.2) is 15.0 Å². The van der Waals surface area contributed by atoms with Crippen LogP contribution in [0, 0.1) is 6.92 Å². The van der Waals surface area contributed by atoms with Gasteiger partial charge in [-0.3, -0.25) is 4.90 Å². The van der Waals surface area contributed by atoms with Gasteiger partial charge in [0, 0.05) is 35.1 Å². The molecule has 0 aromatic carbocycles. The van der Waals surface area contributed by atoms with Gasteiger partial charge >= 0.3 is 0 Å². The molecular weight excluding hydrogens is 338 g/mol. The van der Waals surface area contributed by atoms with E-state index in [1.807, 2.05) is 17.2 Å². The Hall–Kier alpha value is -1.57. The Labute approximate surface area is 150 Å². The van der Waals surface area contributed by atoms with Crippen LogP contribution < -0.4 is 0 Å². The van der Waals surface area contributed by atoms with E-state index in [2.05, 4.69) is 42.9 Å². The summed E-state index contributed by atoms with van der Waals surface area (Å²) in [6, 6.07) is 0. The summed E-state index contributed by atoms with van der Waals surface area (Å²) in [5, 5.41) is 2.11. The molecule has 0 spiro atoms. The standard InChI is InChI=1S/C17H21N5S2/c1-13-16(24-12-19-13)9-21-5-2-14(3-6-21)17-18-4-7-22(17)8-15-10-23-11-20-15/h4,7,10-12,14H,2-3,5-6,8-9H2,1H3. The molecular formula is C17H21N5S2. The summed E-state index contributed by atoms with van der Waals surface area (Å²) in [5.41, 5.74) is 6.15. The van der Waals surface area contributed by atoms with Crippen LogP contribution in [-0.4, -0.2) is 37.5 Å². The molecule has 0 atom stereocenters. The first-order chi connectivity index (χ1) is 11.8. The average Bonchev–Trinajstić information content (AvgIpc) is 3.33. The number of hydrogen-bond acceptors (Lipinski definition) is 6. The van der Waals surface area contributed by atoms with Crippen LogP contribution in [0.1, 0.15) is 40.8 Å². The second kappa shape index (κ2) is 7.13. The third-order valence-electron chi connectivity index (χ3n) is 4.73. The van der Waals surface area contributed by atoms with E-state index < -0.39 is 0 Å². The minimum Gasteiger partial charge on any atom is -0.329 e. The molecule has 0 aliphatic carbocycles. The SMILES string of the molecule is Cc1ncsc1CN1CCC(c2nccn2Cc2cscn2)CC1. The van der Waals surface area contributed by atoms with Crippen molar-refractivity contribution in [2.24, 2.45) is 0 Å². The molecule has 3 aromatic heterocycles. The van der Waals surface area contributed by atoms with Crippen molar-refractivity contribution >= 4 is 22.7 Å². The summed E-state index contributed by atoms with van der Waals surface area (Å²) in [4.78, 5) is 17.3. The lowest BCUT2D eigenvalue weighted by molar-refractivity contribution is 0.201. The zero-order chi connectivity index (χ0) is 16.4. The van der Waals surface area contributed by atoms with E-state index in [0.29, 0.717) is 5.92 Å². The Morgan fingerprint density at radius 1 is 1.12 bits per heavy atom. The van der Waals surface area contributed by atoms with E-state index in [0.717, 1.165) is 31.9 Å². The first-order valence-corrected chi connectivity index (χ1v) is 10.1. The molecule has 0 unspecified atom stereocenters. The predicted molar refractivity (Wildman–Crippen MR) is 97.5 cm³/mol. The lowest BCUT2D eigenvalue weighted by Gasteiger charge is -2.31. The number of imidazole rings is 1. The van der Waals surface area contributed by atoms with Crippen LogP contribution in [0.5, 0.6) is 0 Å². The highest BCUT2D eigenvalue weighted by Crippen LogP contribution is 2.28. The maximum absolute atomic E-state index is 4.65. The molecule has 1 aliphatic rings. The molecule has 1 fully saturated rings. The van der Waals surface area contributed by atoms with E-state index in [-0.39, 0.29) is 0 Å². The first-order valence-electron chi connectivity index (χ1n) is 8.29. The molecule has 4 rings (SSSR count). The average molecular weight is 360 g/mol. The Morgan fingerprint density at radius 3 is 2.71 bits per heavy atom. The maximum Gasteiger partial charge on any atom is 0.112 e. The Kier molecular flexibility index (Phi) is 4.73. The minimum absolute atomic E-state index is 0.553. The van der Waals surface area contributed by atoms with Gasteiger partial charge in [0.15, 0.2) is 0 Å². The highest BCUT2D eigenvalue weighted by atomic mass is 32.1. The molecule has 1 saturated heterocycles. The number of likely N-dealkylation sites (tertiary alicyclic amines) is 1. The summed E-state index contributed by atoms with van der Waals surface area (Å²) in [5.74, 6) is 1.77. The summed E-state index contributed by atoms with van der Waals surface area (Å²) < 4.78 is 2.27. The minimum atomic E-state index is 0.553. The zero-order valence-corrected chi connectivity index (χ0v) is 15.4. The second-order valence-electron chi connectivity index (χ2n) is 6.30. The van der Waals surface area contributed by atoms with Crippen molar-refractivity contribution in [1.82, 2.24) is 24.4 Å². The van der Waals surface area contributed by atoms with E-state index in [1.165, 1.54) is 29.2 Å². The van der Waals surface area contributed by atoms with Crippen molar-refractivity contribution in [1.29, 1.82) is 0 Å². The van der Waals surface area contributed by atoms with Crippen molar-refractivity contribution in [3.05, 3.63) is 50.9 Å². The lowest BCUT2D eigenvalue weighted by Crippen LogP contribution is -2.33. The van der Waals surface area contributed by atoms with E-state index >= 15 is 0 Å². The van der Waals surface area contributed by atoms with Gasteiger partial charge in [0.1, 0.15) is 5.82 Å². The summed E-state index contributed by atoms with van der Waals surface area (Å²) in [7, 11) is 0. The van der Waals surface area contributed by atoms with Gasteiger partial charge in [-0.2, -0.15) is 0 Å².